The van der Waals surface area contributed by atoms with Crippen LogP contribution in [0.2, 0.25) is 0 Å². The van der Waals surface area contributed by atoms with Crippen LogP contribution >= 0.6 is 0 Å². The van der Waals surface area contributed by atoms with Gasteiger partial charge in [-0.2, -0.15) is 0 Å². The molecule has 0 radical (unpaired) electrons. The number of fused-ring (bicyclic) bond motifs is 1. The third kappa shape index (κ3) is 3.85. The fourth-order valence-corrected chi connectivity index (χ4v) is 2.47. The Balaban J connectivity index is 2.00. The van der Waals surface area contributed by atoms with E-state index in [0.29, 0.717) is 12.3 Å². The van der Waals surface area contributed by atoms with Gasteiger partial charge >= 0.3 is 0 Å². The second-order valence-corrected chi connectivity index (χ2v) is 6.11. The summed E-state index contributed by atoms with van der Waals surface area (Å²) in [7, 11) is 1.83. The first-order chi connectivity index (χ1) is 9.99. The van der Waals surface area contributed by atoms with Crippen LogP contribution in [0.3, 0.4) is 0 Å². The predicted molar refractivity (Wildman–Crippen MR) is 87.1 cm³/mol. The molecule has 4 nitrogen and oxygen atoms in total. The van der Waals surface area contributed by atoms with Crippen molar-refractivity contribution in [1.29, 1.82) is 0 Å². The molecule has 0 unspecified atom stereocenters. The lowest BCUT2D eigenvalue weighted by Crippen LogP contribution is -2.43. The SMILES string of the molecule is CC(C)CCN(C)C(=O)[C@H](N)Cc1c[nH]c2ccccc12. The number of rotatable bonds is 6. The number of amides is 1. The van der Waals surface area contributed by atoms with Gasteiger partial charge in [0.1, 0.15) is 0 Å². The van der Waals surface area contributed by atoms with Gasteiger partial charge in [0.2, 0.25) is 5.91 Å². The summed E-state index contributed by atoms with van der Waals surface area (Å²) in [6.07, 6.45) is 3.52. The Morgan fingerprint density at radius 3 is 2.76 bits per heavy atom. The van der Waals surface area contributed by atoms with E-state index >= 15 is 0 Å². The van der Waals surface area contributed by atoms with Crippen molar-refractivity contribution in [3.63, 3.8) is 0 Å². The Hall–Kier alpha value is -1.81. The highest BCUT2D eigenvalue weighted by Crippen LogP contribution is 2.19. The average Bonchev–Trinajstić information content (AvgIpc) is 2.87. The number of nitrogens with two attached hydrogens (primary N) is 1. The number of aromatic nitrogens is 1. The van der Waals surface area contributed by atoms with Crippen LogP contribution in [-0.2, 0) is 11.2 Å². The zero-order valence-electron chi connectivity index (χ0n) is 13.1. The number of carbonyl (C=O) groups is 1. The van der Waals surface area contributed by atoms with Crippen molar-refractivity contribution in [3.8, 4) is 0 Å². The first-order valence-corrected chi connectivity index (χ1v) is 7.54. The summed E-state index contributed by atoms with van der Waals surface area (Å²) >= 11 is 0. The van der Waals surface area contributed by atoms with E-state index in [1.165, 1.54) is 0 Å². The Labute approximate surface area is 126 Å². The molecule has 0 aliphatic heterocycles. The molecule has 2 rings (SSSR count). The van der Waals surface area contributed by atoms with Crippen molar-refractivity contribution >= 4 is 16.8 Å². The number of hydrogen-bond acceptors (Lipinski definition) is 2. The molecule has 0 saturated carbocycles. The Kier molecular flexibility index (Phi) is 5.02. The summed E-state index contributed by atoms with van der Waals surface area (Å²) in [4.78, 5) is 17.3. The maximum atomic E-state index is 12.3. The summed E-state index contributed by atoms with van der Waals surface area (Å²) < 4.78 is 0. The lowest BCUT2D eigenvalue weighted by atomic mass is 10.0. The van der Waals surface area contributed by atoms with E-state index in [-0.39, 0.29) is 5.91 Å². The van der Waals surface area contributed by atoms with E-state index in [2.05, 4.69) is 24.9 Å². The molecule has 21 heavy (non-hydrogen) atoms. The number of hydrogen-bond donors (Lipinski definition) is 2. The van der Waals surface area contributed by atoms with Crippen LogP contribution in [0.15, 0.2) is 30.5 Å². The molecule has 114 valence electrons. The standard InChI is InChI=1S/C17H25N3O/c1-12(2)8-9-20(3)17(21)15(18)10-13-11-19-16-7-5-4-6-14(13)16/h4-7,11-12,15,19H,8-10,18H2,1-3H3/t15-/m1/s1. The summed E-state index contributed by atoms with van der Waals surface area (Å²) in [6.45, 7) is 5.08. The highest BCUT2D eigenvalue weighted by molar-refractivity contribution is 5.86. The van der Waals surface area contributed by atoms with E-state index in [4.69, 9.17) is 5.73 Å². The molecule has 4 heteroatoms. The topological polar surface area (TPSA) is 62.1 Å². The van der Waals surface area contributed by atoms with Crippen LogP contribution in [0.25, 0.3) is 10.9 Å². The van der Waals surface area contributed by atoms with Gasteiger partial charge in [0.25, 0.3) is 0 Å². The van der Waals surface area contributed by atoms with Crippen LogP contribution in [0.1, 0.15) is 25.8 Å². The highest BCUT2D eigenvalue weighted by atomic mass is 16.2. The number of H-pyrrole nitrogens is 1. The Morgan fingerprint density at radius 1 is 1.33 bits per heavy atom. The molecule has 0 saturated heterocycles. The zero-order valence-corrected chi connectivity index (χ0v) is 13.1. The number of aromatic amines is 1. The van der Waals surface area contributed by atoms with Gasteiger partial charge in [0, 0.05) is 30.7 Å². The minimum atomic E-state index is -0.485. The fraction of sp³-hybridized carbons (Fsp3) is 0.471. The second-order valence-electron chi connectivity index (χ2n) is 6.11. The smallest absolute Gasteiger partial charge is 0.239 e. The van der Waals surface area contributed by atoms with Gasteiger partial charge < -0.3 is 15.6 Å². The van der Waals surface area contributed by atoms with Crippen LogP contribution in [-0.4, -0.2) is 35.4 Å². The van der Waals surface area contributed by atoms with Crippen molar-refractivity contribution in [1.82, 2.24) is 9.88 Å². The van der Waals surface area contributed by atoms with Gasteiger partial charge in [-0.3, -0.25) is 4.79 Å². The van der Waals surface area contributed by atoms with Crippen LogP contribution in [0.5, 0.6) is 0 Å². The second kappa shape index (κ2) is 6.76. The maximum absolute atomic E-state index is 12.3. The number of nitrogens with one attached hydrogen (secondary N) is 1. The minimum Gasteiger partial charge on any atom is -0.361 e. The maximum Gasteiger partial charge on any atom is 0.239 e. The number of likely N-dealkylation sites (N-methyl/N-ethyl adjacent to an activating group) is 1. The number of carbonyl (C=O) groups excluding carboxylic acids is 1. The van der Waals surface area contributed by atoms with Crippen molar-refractivity contribution < 1.29 is 4.79 Å². The Bertz CT molecular complexity index is 603. The summed E-state index contributed by atoms with van der Waals surface area (Å²) in [5.74, 6) is 0.603. The molecule has 0 spiro atoms. The Morgan fingerprint density at radius 2 is 2.05 bits per heavy atom. The van der Waals surface area contributed by atoms with Gasteiger partial charge in [-0.15, -0.1) is 0 Å². The van der Waals surface area contributed by atoms with E-state index in [1.54, 1.807) is 4.90 Å². The van der Waals surface area contributed by atoms with E-state index in [1.807, 2.05) is 31.4 Å². The molecule has 0 fully saturated rings. The molecule has 1 aromatic heterocycles. The molecule has 1 atom stereocenters. The molecule has 1 heterocycles. The minimum absolute atomic E-state index is 0.0148. The average molecular weight is 287 g/mol. The van der Waals surface area contributed by atoms with Gasteiger partial charge in [0.05, 0.1) is 6.04 Å². The van der Waals surface area contributed by atoms with Gasteiger partial charge in [-0.05, 0) is 30.4 Å². The lowest BCUT2D eigenvalue weighted by molar-refractivity contribution is -0.131. The van der Waals surface area contributed by atoms with Gasteiger partial charge in [-0.25, -0.2) is 0 Å². The third-order valence-electron chi connectivity index (χ3n) is 3.85. The predicted octanol–water partition coefficient (Wildman–Crippen LogP) is 2.54. The molecule has 0 aliphatic rings. The summed E-state index contributed by atoms with van der Waals surface area (Å²) in [5.41, 5.74) is 8.29. The van der Waals surface area contributed by atoms with Crippen LogP contribution in [0.4, 0.5) is 0 Å². The van der Waals surface area contributed by atoms with E-state index in [0.717, 1.165) is 29.4 Å². The number of benzene rings is 1. The van der Waals surface area contributed by atoms with Crippen LogP contribution in [0, 0.1) is 5.92 Å². The molecular formula is C17H25N3O. The molecule has 1 aromatic carbocycles. The molecule has 1 amide bonds. The number of nitrogens with zero attached hydrogens (tertiary/aromatic N) is 1. The number of para-hydroxylation sites is 1. The summed E-state index contributed by atoms with van der Waals surface area (Å²) in [5, 5.41) is 1.14. The molecule has 2 aromatic rings. The van der Waals surface area contributed by atoms with E-state index < -0.39 is 6.04 Å². The summed E-state index contributed by atoms with van der Waals surface area (Å²) in [6, 6.07) is 7.60. The molecule has 0 bridgehead atoms. The monoisotopic (exact) mass is 287 g/mol. The highest BCUT2D eigenvalue weighted by Gasteiger charge is 2.19. The normalized spacial score (nSPS) is 12.8. The zero-order chi connectivity index (χ0) is 15.4. The van der Waals surface area contributed by atoms with Crippen molar-refractivity contribution in [2.75, 3.05) is 13.6 Å². The molecule has 3 N–H and O–H groups in total. The molecular weight excluding hydrogens is 262 g/mol. The molecule has 0 aliphatic carbocycles. The van der Waals surface area contributed by atoms with Crippen LogP contribution < -0.4 is 5.73 Å². The lowest BCUT2D eigenvalue weighted by Gasteiger charge is -2.22. The largest absolute Gasteiger partial charge is 0.361 e. The van der Waals surface area contributed by atoms with Crippen molar-refractivity contribution in [3.05, 3.63) is 36.0 Å². The fourth-order valence-electron chi connectivity index (χ4n) is 2.47. The van der Waals surface area contributed by atoms with Crippen molar-refractivity contribution in [2.45, 2.75) is 32.7 Å². The third-order valence-corrected chi connectivity index (χ3v) is 3.85. The first kappa shape index (κ1) is 15.6. The first-order valence-electron chi connectivity index (χ1n) is 7.54. The van der Waals surface area contributed by atoms with E-state index in [9.17, 15) is 4.79 Å². The van der Waals surface area contributed by atoms with Crippen molar-refractivity contribution in [2.24, 2.45) is 11.7 Å². The van der Waals surface area contributed by atoms with Gasteiger partial charge in [0.15, 0.2) is 0 Å². The van der Waals surface area contributed by atoms with Gasteiger partial charge in [-0.1, -0.05) is 32.0 Å². The quantitative estimate of drug-likeness (QED) is 0.857.